The predicted molar refractivity (Wildman–Crippen MR) is 105 cm³/mol. The molecule has 1 aromatic heterocycles. The van der Waals surface area contributed by atoms with Crippen molar-refractivity contribution in [3.8, 4) is 0 Å². The third-order valence-electron chi connectivity index (χ3n) is 4.49. The zero-order chi connectivity index (χ0) is 16.2. The number of furan rings is 1. The zero-order valence-electron chi connectivity index (χ0n) is 14.3. The van der Waals surface area contributed by atoms with Gasteiger partial charge in [0.15, 0.2) is 0 Å². The van der Waals surface area contributed by atoms with Crippen LogP contribution in [0.4, 0.5) is 5.69 Å². The molecule has 0 bridgehead atoms. The van der Waals surface area contributed by atoms with E-state index in [9.17, 15) is 4.79 Å². The minimum atomic E-state index is -0.00615. The van der Waals surface area contributed by atoms with Crippen molar-refractivity contribution in [1.29, 1.82) is 0 Å². The highest BCUT2D eigenvalue weighted by Crippen LogP contribution is 2.23. The fourth-order valence-electron chi connectivity index (χ4n) is 3.11. The van der Waals surface area contributed by atoms with Crippen molar-refractivity contribution in [2.24, 2.45) is 5.73 Å². The van der Waals surface area contributed by atoms with Crippen molar-refractivity contribution in [3.63, 3.8) is 0 Å². The first-order valence-corrected chi connectivity index (χ1v) is 8.03. The number of carbonyl (C=O) groups excluding carboxylic acids is 1. The molecule has 1 atom stereocenters. The first-order chi connectivity index (χ1) is 11.2. The molecule has 0 radical (unpaired) electrons. The van der Waals surface area contributed by atoms with Gasteiger partial charge in [0.25, 0.3) is 5.91 Å². The lowest BCUT2D eigenvalue weighted by molar-refractivity contribution is 0.0717. The monoisotopic (exact) mass is 385 g/mol. The fourth-order valence-corrected chi connectivity index (χ4v) is 3.11. The van der Waals surface area contributed by atoms with Gasteiger partial charge in [0.05, 0.1) is 12.1 Å². The van der Waals surface area contributed by atoms with Gasteiger partial charge in [0.2, 0.25) is 0 Å². The van der Waals surface area contributed by atoms with E-state index in [1.165, 1.54) is 12.0 Å². The van der Waals surface area contributed by atoms with Gasteiger partial charge in [-0.15, -0.1) is 24.8 Å². The molecule has 1 unspecified atom stereocenters. The molecule has 0 spiro atoms. The van der Waals surface area contributed by atoms with Crippen molar-refractivity contribution in [1.82, 2.24) is 4.90 Å². The second kappa shape index (κ2) is 9.70. The molecule has 2 N–H and O–H groups in total. The zero-order valence-corrected chi connectivity index (χ0v) is 15.9. The standard InChI is InChI=1S/C18H23N3O2.2ClH/c1-20(18(22)14-10-17(11-19)23-13-14)16-8-5-9-21(12-16)15-6-3-2-4-7-15;;/h2-4,6-7,10,13,16H,5,8-9,11-12,19H2,1H3;2*1H. The Labute approximate surface area is 161 Å². The van der Waals surface area contributed by atoms with Gasteiger partial charge in [-0.3, -0.25) is 4.79 Å². The summed E-state index contributed by atoms with van der Waals surface area (Å²) in [6.45, 7) is 2.20. The van der Waals surface area contributed by atoms with Crippen LogP contribution in [0, 0.1) is 0 Å². The van der Waals surface area contributed by atoms with Crippen LogP contribution in [0.2, 0.25) is 0 Å². The van der Waals surface area contributed by atoms with E-state index in [0.29, 0.717) is 17.9 Å². The Bertz CT molecular complexity index is 663. The third-order valence-corrected chi connectivity index (χ3v) is 4.49. The molecule has 1 saturated heterocycles. The fraction of sp³-hybridized carbons (Fsp3) is 0.389. The number of benzene rings is 1. The molecule has 1 amide bonds. The number of likely N-dealkylation sites (N-methyl/N-ethyl adjacent to an activating group) is 1. The van der Waals surface area contributed by atoms with Crippen molar-refractivity contribution in [2.75, 3.05) is 25.0 Å². The SMILES string of the molecule is CN(C(=O)c1coc(CN)c1)C1CCCN(c2ccccc2)C1.Cl.Cl. The number of para-hydroxylation sites is 1. The van der Waals surface area contributed by atoms with E-state index in [2.05, 4.69) is 17.0 Å². The topological polar surface area (TPSA) is 62.7 Å². The Kier molecular flexibility index (Phi) is 8.29. The lowest BCUT2D eigenvalue weighted by atomic mass is 10.0. The van der Waals surface area contributed by atoms with Gasteiger partial charge in [-0.05, 0) is 31.0 Å². The minimum Gasteiger partial charge on any atom is -0.467 e. The van der Waals surface area contributed by atoms with Crippen LogP contribution in [0.15, 0.2) is 47.1 Å². The number of carbonyl (C=O) groups is 1. The van der Waals surface area contributed by atoms with Gasteiger partial charge in [-0.25, -0.2) is 0 Å². The summed E-state index contributed by atoms with van der Waals surface area (Å²) >= 11 is 0. The number of halogens is 2. The smallest absolute Gasteiger partial charge is 0.257 e. The molecule has 0 aliphatic carbocycles. The molecule has 138 valence electrons. The Morgan fingerprint density at radius 2 is 2.04 bits per heavy atom. The normalized spacial score (nSPS) is 16.6. The molecule has 0 saturated carbocycles. The first kappa shape index (κ1) is 21.4. The van der Waals surface area contributed by atoms with Crippen LogP contribution >= 0.6 is 24.8 Å². The number of nitrogens with zero attached hydrogens (tertiary/aromatic N) is 2. The number of anilines is 1. The van der Waals surface area contributed by atoms with Crippen LogP contribution in [0.25, 0.3) is 0 Å². The summed E-state index contributed by atoms with van der Waals surface area (Å²) < 4.78 is 5.28. The first-order valence-electron chi connectivity index (χ1n) is 8.03. The molecule has 2 heterocycles. The number of rotatable bonds is 4. The molecule has 2 aromatic rings. The number of hydrogen-bond acceptors (Lipinski definition) is 4. The maximum atomic E-state index is 12.6. The summed E-state index contributed by atoms with van der Waals surface area (Å²) in [5, 5.41) is 0. The van der Waals surface area contributed by atoms with Gasteiger partial charge in [-0.1, -0.05) is 18.2 Å². The highest BCUT2D eigenvalue weighted by Gasteiger charge is 2.27. The van der Waals surface area contributed by atoms with E-state index >= 15 is 0 Å². The van der Waals surface area contributed by atoms with E-state index in [1.807, 2.05) is 30.1 Å². The molecule has 3 rings (SSSR count). The lowest BCUT2D eigenvalue weighted by Gasteiger charge is -2.38. The van der Waals surface area contributed by atoms with E-state index in [1.54, 1.807) is 6.07 Å². The molecular weight excluding hydrogens is 361 g/mol. The van der Waals surface area contributed by atoms with Gasteiger partial charge in [0.1, 0.15) is 12.0 Å². The van der Waals surface area contributed by atoms with Crippen molar-refractivity contribution in [2.45, 2.75) is 25.4 Å². The Hall–Kier alpha value is -1.69. The molecular formula is C18H25Cl2N3O2. The minimum absolute atomic E-state index is 0. The van der Waals surface area contributed by atoms with Crippen LogP contribution in [0.1, 0.15) is 29.0 Å². The van der Waals surface area contributed by atoms with Gasteiger partial charge in [0, 0.05) is 31.9 Å². The van der Waals surface area contributed by atoms with Crippen LogP contribution in [-0.2, 0) is 6.54 Å². The van der Waals surface area contributed by atoms with Crippen molar-refractivity contribution >= 4 is 36.4 Å². The lowest BCUT2D eigenvalue weighted by Crippen LogP contribution is -2.48. The summed E-state index contributed by atoms with van der Waals surface area (Å²) in [6.07, 6.45) is 3.60. The van der Waals surface area contributed by atoms with E-state index in [4.69, 9.17) is 10.2 Å². The van der Waals surface area contributed by atoms with E-state index in [0.717, 1.165) is 25.9 Å². The molecule has 25 heavy (non-hydrogen) atoms. The molecule has 1 aromatic carbocycles. The highest BCUT2D eigenvalue weighted by molar-refractivity contribution is 5.94. The maximum absolute atomic E-state index is 12.6. The predicted octanol–water partition coefficient (Wildman–Crippen LogP) is 3.32. The van der Waals surface area contributed by atoms with Crippen LogP contribution in [0.3, 0.4) is 0 Å². The molecule has 1 fully saturated rings. The average molecular weight is 386 g/mol. The second-order valence-corrected chi connectivity index (χ2v) is 6.00. The van der Waals surface area contributed by atoms with Gasteiger partial charge >= 0.3 is 0 Å². The van der Waals surface area contributed by atoms with E-state index in [-0.39, 0.29) is 36.8 Å². The molecule has 1 aliphatic heterocycles. The Morgan fingerprint density at radius 3 is 2.68 bits per heavy atom. The maximum Gasteiger partial charge on any atom is 0.257 e. The van der Waals surface area contributed by atoms with Crippen LogP contribution < -0.4 is 10.6 Å². The van der Waals surface area contributed by atoms with Gasteiger partial charge in [-0.2, -0.15) is 0 Å². The summed E-state index contributed by atoms with van der Waals surface area (Å²) in [6, 6.07) is 12.3. The summed E-state index contributed by atoms with van der Waals surface area (Å²) in [5.41, 5.74) is 7.33. The van der Waals surface area contributed by atoms with Gasteiger partial charge < -0.3 is 20.0 Å². The number of amides is 1. The number of hydrogen-bond donors (Lipinski definition) is 1. The molecule has 1 aliphatic rings. The van der Waals surface area contributed by atoms with Crippen molar-refractivity contribution in [3.05, 3.63) is 54.0 Å². The van der Waals surface area contributed by atoms with Crippen LogP contribution in [0.5, 0.6) is 0 Å². The van der Waals surface area contributed by atoms with Crippen molar-refractivity contribution < 1.29 is 9.21 Å². The van der Waals surface area contributed by atoms with Crippen LogP contribution in [-0.4, -0.2) is 37.0 Å². The average Bonchev–Trinajstić information content (AvgIpc) is 3.10. The quantitative estimate of drug-likeness (QED) is 0.876. The number of nitrogens with two attached hydrogens (primary N) is 1. The molecule has 7 heteroatoms. The number of piperidine rings is 1. The third kappa shape index (κ3) is 4.91. The van der Waals surface area contributed by atoms with E-state index < -0.39 is 0 Å². The molecule has 5 nitrogen and oxygen atoms in total. The Balaban J connectivity index is 0.00000156. The summed E-state index contributed by atoms with van der Waals surface area (Å²) in [7, 11) is 1.87. The highest BCUT2D eigenvalue weighted by atomic mass is 35.5. The summed E-state index contributed by atoms with van der Waals surface area (Å²) in [4.78, 5) is 16.8. The largest absolute Gasteiger partial charge is 0.467 e. The summed E-state index contributed by atoms with van der Waals surface area (Å²) in [5.74, 6) is 0.629. The Morgan fingerprint density at radius 1 is 1.32 bits per heavy atom. The second-order valence-electron chi connectivity index (χ2n) is 6.00.